The standard InChI is InChI=1S/C19H13N7.C4F6O2/c20-4-1-18(14-7-13(8-21)9-22-10-14)26-12-15(11-25-26)16-2-5-23-19-17(16)3-6-24-19;5-3(6,7)1(11)2(12)4(8,9)10/h2-3,5-7,9-12,18H,1H2,(H,23,24);. The predicted molar refractivity (Wildman–Crippen MR) is 117 cm³/mol. The first-order valence-electron chi connectivity index (χ1n) is 10.3. The molecule has 9 nitrogen and oxygen atoms in total. The van der Waals surface area contributed by atoms with E-state index in [1.807, 2.05) is 24.5 Å². The van der Waals surface area contributed by atoms with Gasteiger partial charge >= 0.3 is 23.9 Å². The molecule has 1 N–H and O–H groups in total. The van der Waals surface area contributed by atoms with Gasteiger partial charge in [0.25, 0.3) is 0 Å². The number of H-pyrrole nitrogens is 1. The third-order valence-electron chi connectivity index (χ3n) is 4.97. The highest BCUT2D eigenvalue weighted by Gasteiger charge is 2.54. The van der Waals surface area contributed by atoms with E-state index >= 15 is 0 Å². The van der Waals surface area contributed by atoms with Crippen molar-refractivity contribution in [3.63, 3.8) is 0 Å². The molecule has 0 aromatic carbocycles. The van der Waals surface area contributed by atoms with E-state index in [0.717, 1.165) is 27.7 Å². The van der Waals surface area contributed by atoms with E-state index in [4.69, 9.17) is 5.26 Å². The Kier molecular flexibility index (Phi) is 7.91. The number of fused-ring (bicyclic) bond motifs is 1. The highest BCUT2D eigenvalue weighted by Crippen LogP contribution is 2.29. The monoisotopic (exact) mass is 533 g/mol. The maximum Gasteiger partial charge on any atom is 0.458 e. The van der Waals surface area contributed by atoms with E-state index in [1.165, 1.54) is 6.20 Å². The number of halogens is 6. The minimum Gasteiger partial charge on any atom is -0.346 e. The van der Waals surface area contributed by atoms with Gasteiger partial charge in [0, 0.05) is 41.9 Å². The van der Waals surface area contributed by atoms with Crippen LogP contribution in [-0.2, 0) is 9.59 Å². The zero-order valence-corrected chi connectivity index (χ0v) is 18.7. The minimum absolute atomic E-state index is 0.230. The SMILES string of the molecule is N#CCC(c1cncc(C#N)c1)n1cc(-c2ccnc3[nH]ccc23)cn1.O=C(C(=O)C(F)(F)F)C(F)(F)F. The lowest BCUT2D eigenvalue weighted by Gasteiger charge is -2.14. The molecule has 4 heterocycles. The van der Waals surface area contributed by atoms with Crippen LogP contribution >= 0.6 is 0 Å². The predicted octanol–water partition coefficient (Wildman–Crippen LogP) is 4.45. The van der Waals surface area contributed by atoms with Gasteiger partial charge in [0.2, 0.25) is 0 Å². The van der Waals surface area contributed by atoms with Crippen LogP contribution in [0, 0.1) is 22.7 Å². The number of pyridine rings is 2. The van der Waals surface area contributed by atoms with Crippen molar-refractivity contribution >= 4 is 22.6 Å². The fraction of sp³-hybridized carbons (Fsp3) is 0.174. The van der Waals surface area contributed by atoms with Crippen LogP contribution in [0.2, 0.25) is 0 Å². The molecule has 0 amide bonds. The molecule has 0 radical (unpaired) electrons. The van der Waals surface area contributed by atoms with Gasteiger partial charge < -0.3 is 4.98 Å². The third kappa shape index (κ3) is 6.19. The second-order valence-corrected chi connectivity index (χ2v) is 7.46. The number of nitrogens with one attached hydrogen (secondary N) is 1. The summed E-state index contributed by atoms with van der Waals surface area (Å²) in [5.74, 6) is -6.81. The molecule has 15 heteroatoms. The van der Waals surface area contributed by atoms with Crippen molar-refractivity contribution in [3.8, 4) is 23.3 Å². The van der Waals surface area contributed by atoms with Gasteiger partial charge in [-0.25, -0.2) is 4.98 Å². The summed E-state index contributed by atoms with van der Waals surface area (Å²) < 4.78 is 68.7. The van der Waals surface area contributed by atoms with Gasteiger partial charge in [0.15, 0.2) is 0 Å². The van der Waals surface area contributed by atoms with E-state index in [9.17, 15) is 41.2 Å². The molecule has 1 atom stereocenters. The Morgan fingerprint density at radius 3 is 2.32 bits per heavy atom. The van der Waals surface area contributed by atoms with Crippen molar-refractivity contribution in [1.29, 1.82) is 10.5 Å². The van der Waals surface area contributed by atoms with Gasteiger partial charge in [-0.15, -0.1) is 0 Å². The number of hydrogen-bond acceptors (Lipinski definition) is 7. The number of carbonyl (C=O) groups is 2. The zero-order chi connectivity index (χ0) is 28.1. The Morgan fingerprint density at radius 1 is 1.03 bits per heavy atom. The number of aromatic amines is 1. The van der Waals surface area contributed by atoms with Gasteiger partial charge in [-0.2, -0.15) is 42.0 Å². The van der Waals surface area contributed by atoms with Gasteiger partial charge in [-0.3, -0.25) is 19.3 Å². The van der Waals surface area contributed by atoms with Crippen LogP contribution in [0.25, 0.3) is 22.2 Å². The van der Waals surface area contributed by atoms with Crippen molar-refractivity contribution in [2.75, 3.05) is 0 Å². The molecule has 1 unspecified atom stereocenters. The smallest absolute Gasteiger partial charge is 0.346 e. The van der Waals surface area contributed by atoms with Crippen LogP contribution in [0.15, 0.2) is 55.4 Å². The number of ketones is 2. The van der Waals surface area contributed by atoms with Gasteiger partial charge in [-0.1, -0.05) is 0 Å². The maximum absolute atomic E-state index is 11.2. The normalized spacial score (nSPS) is 12.1. The molecular weight excluding hydrogens is 520 g/mol. The Labute approximate surface area is 209 Å². The second kappa shape index (κ2) is 10.9. The van der Waals surface area contributed by atoms with Gasteiger partial charge in [-0.05, 0) is 29.3 Å². The lowest BCUT2D eigenvalue weighted by atomic mass is 10.0. The summed E-state index contributed by atoms with van der Waals surface area (Å²) in [6.45, 7) is 0. The fourth-order valence-electron chi connectivity index (χ4n) is 3.27. The van der Waals surface area contributed by atoms with E-state index in [-0.39, 0.29) is 12.5 Å². The number of nitriles is 2. The van der Waals surface area contributed by atoms with Gasteiger partial charge in [0.05, 0.1) is 30.3 Å². The molecule has 4 aromatic heterocycles. The average molecular weight is 533 g/mol. The van der Waals surface area contributed by atoms with E-state index in [0.29, 0.717) is 5.56 Å². The third-order valence-corrected chi connectivity index (χ3v) is 4.97. The molecule has 0 spiro atoms. The summed E-state index contributed by atoms with van der Waals surface area (Å²) >= 11 is 0. The second-order valence-electron chi connectivity index (χ2n) is 7.46. The van der Waals surface area contributed by atoms with Crippen LogP contribution in [0.1, 0.15) is 23.6 Å². The molecule has 0 aliphatic carbocycles. The highest BCUT2D eigenvalue weighted by molar-refractivity contribution is 6.41. The molecule has 194 valence electrons. The van der Waals surface area contributed by atoms with E-state index in [1.54, 1.807) is 29.3 Å². The molecular formula is C23H13F6N7O2. The van der Waals surface area contributed by atoms with Crippen molar-refractivity contribution in [3.05, 3.63) is 66.5 Å². The Bertz CT molecular complexity index is 1530. The number of Topliss-reactive ketones (excluding diaryl/α,β-unsaturated/α-hetero) is 2. The molecule has 0 bridgehead atoms. The number of rotatable bonds is 5. The summed E-state index contributed by atoms with van der Waals surface area (Å²) in [6, 6.07) is 9.62. The largest absolute Gasteiger partial charge is 0.458 e. The topological polar surface area (TPSA) is 141 Å². The number of aromatic nitrogens is 5. The molecule has 4 aromatic rings. The van der Waals surface area contributed by atoms with Crippen molar-refractivity contribution in [2.45, 2.75) is 24.8 Å². The Balaban J connectivity index is 0.000000284. The molecule has 4 rings (SSSR count). The maximum atomic E-state index is 11.2. The summed E-state index contributed by atoms with van der Waals surface area (Å²) in [5, 5.41) is 23.8. The average Bonchev–Trinajstić information content (AvgIpc) is 3.55. The first kappa shape index (κ1) is 27.5. The van der Waals surface area contributed by atoms with Gasteiger partial charge in [0.1, 0.15) is 11.7 Å². The quantitative estimate of drug-likeness (QED) is 0.295. The summed E-state index contributed by atoms with van der Waals surface area (Å²) in [5.41, 5.74) is 4.00. The van der Waals surface area contributed by atoms with Crippen LogP contribution in [0.3, 0.4) is 0 Å². The minimum atomic E-state index is -5.77. The molecule has 38 heavy (non-hydrogen) atoms. The summed E-state index contributed by atoms with van der Waals surface area (Å²) in [7, 11) is 0. The summed E-state index contributed by atoms with van der Waals surface area (Å²) in [4.78, 5) is 30.7. The number of alkyl halides is 6. The van der Waals surface area contributed by atoms with Crippen LogP contribution < -0.4 is 0 Å². The first-order chi connectivity index (χ1) is 17.9. The number of carbonyl (C=O) groups excluding carboxylic acids is 2. The lowest BCUT2D eigenvalue weighted by molar-refractivity contribution is -0.193. The molecule has 0 aliphatic rings. The first-order valence-corrected chi connectivity index (χ1v) is 10.3. The van der Waals surface area contributed by atoms with Crippen LogP contribution in [0.5, 0.6) is 0 Å². The molecule has 0 saturated carbocycles. The van der Waals surface area contributed by atoms with Crippen LogP contribution in [-0.4, -0.2) is 48.7 Å². The van der Waals surface area contributed by atoms with E-state index < -0.39 is 23.9 Å². The highest BCUT2D eigenvalue weighted by atomic mass is 19.4. The number of nitrogens with zero attached hydrogens (tertiary/aromatic N) is 6. The molecule has 0 saturated heterocycles. The Morgan fingerprint density at radius 2 is 1.71 bits per heavy atom. The van der Waals surface area contributed by atoms with Crippen molar-refractivity contribution < 1.29 is 35.9 Å². The Hall–Kier alpha value is -5.05. The molecule has 0 aliphatic heterocycles. The lowest BCUT2D eigenvalue weighted by Crippen LogP contribution is -2.39. The van der Waals surface area contributed by atoms with Crippen molar-refractivity contribution in [2.24, 2.45) is 0 Å². The van der Waals surface area contributed by atoms with E-state index in [2.05, 4.69) is 32.2 Å². The van der Waals surface area contributed by atoms with Crippen molar-refractivity contribution in [1.82, 2.24) is 24.7 Å². The zero-order valence-electron chi connectivity index (χ0n) is 18.7. The van der Waals surface area contributed by atoms with Crippen LogP contribution in [0.4, 0.5) is 26.3 Å². The molecule has 0 fully saturated rings. The fourth-order valence-corrected chi connectivity index (χ4v) is 3.27. The number of hydrogen-bond donors (Lipinski definition) is 1. The summed E-state index contributed by atoms with van der Waals surface area (Å²) in [6.07, 6.45) is -0.868.